The van der Waals surface area contributed by atoms with Crippen molar-refractivity contribution in [2.75, 3.05) is 26.6 Å². The Morgan fingerprint density at radius 2 is 1.82 bits per heavy atom. The zero-order chi connectivity index (χ0) is 20.0. The Labute approximate surface area is 165 Å². The van der Waals surface area contributed by atoms with Gasteiger partial charge in [0, 0.05) is 36.3 Å². The Morgan fingerprint density at radius 3 is 2.46 bits per heavy atom. The first-order chi connectivity index (χ1) is 13.5. The molecule has 2 aromatic carbocycles. The van der Waals surface area contributed by atoms with E-state index in [1.165, 1.54) is 0 Å². The van der Waals surface area contributed by atoms with Gasteiger partial charge in [-0.15, -0.1) is 0 Å². The standard InChI is InChI=1S/C21H25BO6/c1-4-24-15-25-18-11-10-16(12-23)19(22-26-13-21(2,3)14-27-22)20(18)28-17-8-6-5-7-9-17/h5-12H,4,13-15H2,1-3H3. The van der Waals surface area contributed by atoms with Crippen LogP contribution in [0.25, 0.3) is 0 Å². The molecular formula is C21H25BO6. The molecule has 1 heterocycles. The molecule has 0 saturated carbocycles. The van der Waals surface area contributed by atoms with Gasteiger partial charge < -0.3 is 23.5 Å². The van der Waals surface area contributed by atoms with Crippen LogP contribution in [-0.4, -0.2) is 40.0 Å². The number of benzene rings is 2. The van der Waals surface area contributed by atoms with Crippen molar-refractivity contribution in [1.29, 1.82) is 0 Å². The molecule has 3 rings (SSSR count). The fourth-order valence-corrected chi connectivity index (χ4v) is 2.81. The average Bonchev–Trinajstić information content (AvgIpc) is 2.70. The van der Waals surface area contributed by atoms with E-state index in [4.69, 9.17) is 23.5 Å². The van der Waals surface area contributed by atoms with E-state index < -0.39 is 7.12 Å². The molecular weight excluding hydrogens is 359 g/mol. The highest BCUT2D eigenvalue weighted by atomic mass is 16.7. The molecule has 6 nitrogen and oxygen atoms in total. The number of carbonyl (C=O) groups is 1. The monoisotopic (exact) mass is 384 g/mol. The van der Waals surface area contributed by atoms with E-state index in [1.807, 2.05) is 37.3 Å². The lowest BCUT2D eigenvalue weighted by Gasteiger charge is -2.34. The van der Waals surface area contributed by atoms with Crippen LogP contribution in [0.3, 0.4) is 0 Å². The Kier molecular flexibility index (Phi) is 6.72. The van der Waals surface area contributed by atoms with Crippen molar-refractivity contribution in [1.82, 2.24) is 0 Å². The van der Waals surface area contributed by atoms with Crippen molar-refractivity contribution < 1.29 is 28.3 Å². The quantitative estimate of drug-likeness (QED) is 0.301. The predicted molar refractivity (Wildman–Crippen MR) is 107 cm³/mol. The lowest BCUT2D eigenvalue weighted by atomic mass is 9.72. The second-order valence-corrected chi connectivity index (χ2v) is 7.30. The molecule has 7 heteroatoms. The SMILES string of the molecule is CCOCOc1ccc(C=O)c(B2OCC(C)(C)CO2)c1Oc1ccccc1. The van der Waals surface area contributed by atoms with Crippen LogP contribution in [0.2, 0.25) is 0 Å². The maximum absolute atomic E-state index is 11.7. The summed E-state index contributed by atoms with van der Waals surface area (Å²) in [5.41, 5.74) is 0.851. The normalized spacial score (nSPS) is 15.9. The van der Waals surface area contributed by atoms with Crippen LogP contribution in [-0.2, 0) is 14.0 Å². The molecule has 0 spiro atoms. The Morgan fingerprint density at radius 1 is 1.11 bits per heavy atom. The minimum Gasteiger partial charge on any atom is -0.464 e. The van der Waals surface area contributed by atoms with Gasteiger partial charge in [-0.05, 0) is 31.2 Å². The van der Waals surface area contributed by atoms with E-state index in [0.717, 1.165) is 6.29 Å². The molecule has 1 fully saturated rings. The molecule has 0 aliphatic carbocycles. The number of rotatable bonds is 8. The van der Waals surface area contributed by atoms with Crippen molar-refractivity contribution in [3.63, 3.8) is 0 Å². The van der Waals surface area contributed by atoms with E-state index >= 15 is 0 Å². The lowest BCUT2D eigenvalue weighted by Crippen LogP contribution is -2.49. The maximum atomic E-state index is 11.7. The number of carbonyl (C=O) groups excluding carboxylic acids is 1. The van der Waals surface area contributed by atoms with Crippen molar-refractivity contribution in [3.8, 4) is 17.2 Å². The minimum atomic E-state index is -0.720. The topological polar surface area (TPSA) is 63.2 Å². The zero-order valence-corrected chi connectivity index (χ0v) is 16.5. The highest BCUT2D eigenvalue weighted by Crippen LogP contribution is 2.33. The van der Waals surface area contributed by atoms with Gasteiger partial charge in [0.2, 0.25) is 0 Å². The molecule has 1 saturated heterocycles. The van der Waals surface area contributed by atoms with Crippen molar-refractivity contribution in [2.45, 2.75) is 20.8 Å². The Hall–Kier alpha value is -2.35. The van der Waals surface area contributed by atoms with Crippen molar-refractivity contribution in [2.24, 2.45) is 5.41 Å². The molecule has 0 aromatic heterocycles. The summed E-state index contributed by atoms with van der Waals surface area (Å²) in [5.74, 6) is 1.46. The lowest BCUT2D eigenvalue weighted by molar-refractivity contribution is 0.0209. The van der Waals surface area contributed by atoms with Crippen molar-refractivity contribution >= 4 is 18.9 Å². The summed E-state index contributed by atoms with van der Waals surface area (Å²) in [6, 6.07) is 12.7. The van der Waals surface area contributed by atoms with Crippen LogP contribution < -0.4 is 14.9 Å². The number of aldehydes is 1. The summed E-state index contributed by atoms with van der Waals surface area (Å²) in [6.45, 7) is 7.62. The maximum Gasteiger partial charge on any atom is 0.498 e. The first-order valence-electron chi connectivity index (χ1n) is 9.33. The number of hydrogen-bond donors (Lipinski definition) is 0. The van der Waals surface area contributed by atoms with Gasteiger partial charge in [0.05, 0.1) is 0 Å². The van der Waals surface area contributed by atoms with Crippen LogP contribution >= 0.6 is 0 Å². The van der Waals surface area contributed by atoms with E-state index in [-0.39, 0.29) is 12.2 Å². The first kappa shape index (κ1) is 20.4. The molecule has 28 heavy (non-hydrogen) atoms. The van der Waals surface area contributed by atoms with Gasteiger partial charge in [0.1, 0.15) is 12.0 Å². The summed E-state index contributed by atoms with van der Waals surface area (Å²) >= 11 is 0. The van der Waals surface area contributed by atoms with E-state index in [0.29, 0.717) is 48.1 Å². The summed E-state index contributed by atoms with van der Waals surface area (Å²) < 4.78 is 29.0. The van der Waals surface area contributed by atoms with Crippen LogP contribution in [0, 0.1) is 5.41 Å². The van der Waals surface area contributed by atoms with Crippen LogP contribution in [0.1, 0.15) is 31.1 Å². The Bertz CT molecular complexity index is 783. The van der Waals surface area contributed by atoms with Gasteiger partial charge in [-0.1, -0.05) is 32.0 Å². The van der Waals surface area contributed by atoms with Gasteiger partial charge >= 0.3 is 7.12 Å². The minimum absolute atomic E-state index is 0.0704. The van der Waals surface area contributed by atoms with Crippen LogP contribution in [0.15, 0.2) is 42.5 Å². The molecule has 0 amide bonds. The summed E-state index contributed by atoms with van der Waals surface area (Å²) in [5, 5.41) is 0. The molecule has 0 unspecified atom stereocenters. The molecule has 0 N–H and O–H groups in total. The summed E-state index contributed by atoms with van der Waals surface area (Å²) in [4.78, 5) is 11.7. The van der Waals surface area contributed by atoms with E-state index in [2.05, 4.69) is 13.8 Å². The fourth-order valence-electron chi connectivity index (χ4n) is 2.81. The van der Waals surface area contributed by atoms with E-state index in [9.17, 15) is 4.79 Å². The number of para-hydroxylation sites is 1. The third-order valence-corrected chi connectivity index (χ3v) is 4.27. The Balaban J connectivity index is 2.00. The molecule has 0 atom stereocenters. The summed E-state index contributed by atoms with van der Waals surface area (Å²) in [6.07, 6.45) is 0.770. The summed E-state index contributed by atoms with van der Waals surface area (Å²) in [7, 11) is -0.720. The zero-order valence-electron chi connectivity index (χ0n) is 16.5. The first-order valence-corrected chi connectivity index (χ1v) is 9.33. The molecule has 148 valence electrons. The van der Waals surface area contributed by atoms with Gasteiger partial charge in [-0.25, -0.2) is 0 Å². The smallest absolute Gasteiger partial charge is 0.464 e. The van der Waals surface area contributed by atoms with Gasteiger partial charge in [-0.3, -0.25) is 4.79 Å². The number of ether oxygens (including phenoxy) is 3. The molecule has 2 aromatic rings. The highest BCUT2D eigenvalue weighted by Gasteiger charge is 2.38. The molecule has 1 aliphatic rings. The largest absolute Gasteiger partial charge is 0.498 e. The van der Waals surface area contributed by atoms with Gasteiger partial charge in [0.25, 0.3) is 0 Å². The average molecular weight is 384 g/mol. The predicted octanol–water partition coefficient (Wildman–Crippen LogP) is 3.43. The molecule has 0 bridgehead atoms. The van der Waals surface area contributed by atoms with E-state index in [1.54, 1.807) is 12.1 Å². The van der Waals surface area contributed by atoms with Gasteiger partial charge in [0.15, 0.2) is 18.3 Å². The highest BCUT2D eigenvalue weighted by molar-refractivity contribution is 6.64. The van der Waals surface area contributed by atoms with Crippen molar-refractivity contribution in [3.05, 3.63) is 48.0 Å². The van der Waals surface area contributed by atoms with Crippen LogP contribution in [0.4, 0.5) is 0 Å². The second kappa shape index (κ2) is 9.23. The third-order valence-electron chi connectivity index (χ3n) is 4.27. The molecule has 0 radical (unpaired) electrons. The second-order valence-electron chi connectivity index (χ2n) is 7.30. The van der Waals surface area contributed by atoms with Gasteiger partial charge in [-0.2, -0.15) is 0 Å². The fraction of sp³-hybridized carbons (Fsp3) is 0.381. The third kappa shape index (κ3) is 4.92. The molecule has 1 aliphatic heterocycles. The van der Waals surface area contributed by atoms with Crippen LogP contribution in [0.5, 0.6) is 17.2 Å². The number of hydrogen-bond acceptors (Lipinski definition) is 6.